The molecule has 0 bridgehead atoms. The van der Waals surface area contributed by atoms with E-state index in [4.69, 9.17) is 15.6 Å². The van der Waals surface area contributed by atoms with Crippen LogP contribution in [0.2, 0.25) is 0 Å². The molecule has 3 aromatic rings. The van der Waals surface area contributed by atoms with Crippen molar-refractivity contribution < 1.29 is 14.3 Å². The molecule has 0 saturated carbocycles. The molecule has 0 radical (unpaired) electrons. The van der Waals surface area contributed by atoms with Crippen molar-refractivity contribution in [1.82, 2.24) is 0 Å². The van der Waals surface area contributed by atoms with Crippen molar-refractivity contribution in [2.45, 2.75) is 19.4 Å². The second-order valence-electron chi connectivity index (χ2n) is 5.50. The maximum atomic E-state index is 12.5. The van der Waals surface area contributed by atoms with E-state index >= 15 is 0 Å². The lowest BCUT2D eigenvalue weighted by Crippen LogP contribution is -2.25. The maximum Gasteiger partial charge on any atom is 0.204 e. The van der Waals surface area contributed by atoms with Crippen LogP contribution in [-0.2, 0) is 0 Å². The highest BCUT2D eigenvalue weighted by molar-refractivity contribution is 5.93. The first-order chi connectivity index (χ1) is 10.4. The van der Waals surface area contributed by atoms with E-state index in [1.54, 1.807) is 44.2 Å². The number of phenolic OH excluding ortho intramolecular Hbond substituents is 1. The average Bonchev–Trinajstić information content (AvgIpc) is 2.46. The second kappa shape index (κ2) is 4.81. The lowest BCUT2D eigenvalue weighted by Gasteiger charge is -2.20. The molecule has 1 N–H and O–H groups in total. The number of para-hydroxylation sites is 1. The van der Waals surface area contributed by atoms with Gasteiger partial charge in [-0.2, -0.15) is 0 Å². The number of rotatable bonds is 2. The molecular weight excluding hydrogens is 280 g/mol. The van der Waals surface area contributed by atoms with Crippen LogP contribution in [0.25, 0.3) is 21.9 Å². The molecule has 110 valence electrons. The smallest absolute Gasteiger partial charge is 0.204 e. The van der Waals surface area contributed by atoms with Crippen molar-refractivity contribution in [3.8, 4) is 23.8 Å². The van der Waals surface area contributed by atoms with Crippen molar-refractivity contribution in [2.75, 3.05) is 0 Å². The Bertz CT molecular complexity index is 974. The third-order valence-electron chi connectivity index (χ3n) is 3.35. The van der Waals surface area contributed by atoms with Crippen LogP contribution < -0.4 is 10.2 Å². The van der Waals surface area contributed by atoms with Gasteiger partial charge in [-0.05, 0) is 26.0 Å². The number of fused-ring (bicyclic) bond motifs is 2. The summed E-state index contributed by atoms with van der Waals surface area (Å²) in [5, 5.41) is 10.7. The Morgan fingerprint density at radius 2 is 1.95 bits per heavy atom. The minimum absolute atomic E-state index is 0.129. The summed E-state index contributed by atoms with van der Waals surface area (Å²) in [6.07, 6.45) is 5.39. The Kier molecular flexibility index (Phi) is 3.07. The van der Waals surface area contributed by atoms with Crippen LogP contribution in [0, 0.1) is 12.3 Å². The van der Waals surface area contributed by atoms with E-state index in [1.807, 2.05) is 0 Å². The summed E-state index contributed by atoms with van der Waals surface area (Å²) in [5.74, 6) is 2.65. The van der Waals surface area contributed by atoms with E-state index in [9.17, 15) is 9.90 Å². The van der Waals surface area contributed by atoms with Crippen molar-refractivity contribution in [3.63, 3.8) is 0 Å². The van der Waals surface area contributed by atoms with Crippen molar-refractivity contribution in [3.05, 3.63) is 46.6 Å². The predicted octanol–water partition coefficient (Wildman–Crippen LogP) is 3.44. The molecule has 4 heteroatoms. The van der Waals surface area contributed by atoms with Crippen LogP contribution in [0.4, 0.5) is 0 Å². The van der Waals surface area contributed by atoms with Gasteiger partial charge in [0.15, 0.2) is 5.60 Å². The van der Waals surface area contributed by atoms with Gasteiger partial charge < -0.3 is 14.3 Å². The van der Waals surface area contributed by atoms with Gasteiger partial charge in [-0.3, -0.25) is 4.79 Å². The highest BCUT2D eigenvalue weighted by atomic mass is 16.5. The first-order valence-electron chi connectivity index (χ1n) is 6.76. The fourth-order valence-electron chi connectivity index (χ4n) is 2.26. The molecule has 0 saturated heterocycles. The fourth-order valence-corrected chi connectivity index (χ4v) is 2.26. The Morgan fingerprint density at radius 1 is 1.23 bits per heavy atom. The fraction of sp³-hybridized carbons (Fsp3) is 0.167. The summed E-state index contributed by atoms with van der Waals surface area (Å²) < 4.78 is 11.3. The molecule has 0 aliphatic carbocycles. The quantitative estimate of drug-likeness (QED) is 0.581. The van der Waals surface area contributed by atoms with Crippen LogP contribution in [0.15, 0.2) is 45.6 Å². The molecule has 0 fully saturated rings. The third kappa shape index (κ3) is 2.27. The van der Waals surface area contributed by atoms with Crippen molar-refractivity contribution in [1.29, 1.82) is 0 Å². The summed E-state index contributed by atoms with van der Waals surface area (Å²) in [5.41, 5.74) is -0.409. The summed E-state index contributed by atoms with van der Waals surface area (Å²) in [4.78, 5) is 12.5. The number of ether oxygens (including phenoxy) is 1. The molecule has 4 nitrogen and oxygen atoms in total. The van der Waals surface area contributed by atoms with Crippen molar-refractivity contribution in [2.24, 2.45) is 0 Å². The zero-order valence-corrected chi connectivity index (χ0v) is 12.2. The number of hydrogen-bond donors (Lipinski definition) is 1. The van der Waals surface area contributed by atoms with Gasteiger partial charge in [-0.1, -0.05) is 18.1 Å². The summed E-state index contributed by atoms with van der Waals surface area (Å²) >= 11 is 0. The number of aromatic hydroxyl groups is 1. The normalized spacial score (nSPS) is 11.5. The average molecular weight is 294 g/mol. The molecule has 22 heavy (non-hydrogen) atoms. The molecule has 1 heterocycles. The van der Waals surface area contributed by atoms with E-state index < -0.39 is 5.60 Å². The first-order valence-corrected chi connectivity index (χ1v) is 6.76. The minimum atomic E-state index is -0.836. The van der Waals surface area contributed by atoms with Gasteiger partial charge in [0, 0.05) is 12.1 Å². The first kappa shape index (κ1) is 14.0. The second-order valence-corrected chi connectivity index (χ2v) is 5.50. The van der Waals surface area contributed by atoms with Gasteiger partial charge in [0.25, 0.3) is 0 Å². The standard InChI is InChI=1S/C18H14O4/c1-4-18(2,3)22-11-9-13(19)16-15(10-11)21-14-8-6-5-7-12(14)17(16)20/h1,5-10,19H,2-3H3. The van der Waals surface area contributed by atoms with Gasteiger partial charge in [0.2, 0.25) is 5.43 Å². The summed E-state index contributed by atoms with van der Waals surface area (Å²) in [7, 11) is 0. The van der Waals surface area contributed by atoms with E-state index in [0.717, 1.165) is 0 Å². The largest absolute Gasteiger partial charge is 0.507 e. The molecule has 1 aromatic heterocycles. The topological polar surface area (TPSA) is 59.7 Å². The lowest BCUT2D eigenvalue weighted by molar-refractivity contribution is 0.172. The molecule has 0 aliphatic rings. The van der Waals surface area contributed by atoms with Gasteiger partial charge in [0.1, 0.15) is 28.1 Å². The lowest BCUT2D eigenvalue weighted by atomic mass is 10.1. The zero-order valence-electron chi connectivity index (χ0n) is 12.2. The molecule has 0 spiro atoms. The van der Waals surface area contributed by atoms with E-state index in [2.05, 4.69) is 5.92 Å². The molecular formula is C18H14O4. The van der Waals surface area contributed by atoms with Crippen LogP contribution in [0.5, 0.6) is 11.5 Å². The van der Waals surface area contributed by atoms with E-state index in [1.165, 1.54) is 6.07 Å². The molecule has 0 amide bonds. The molecule has 2 aromatic carbocycles. The van der Waals surface area contributed by atoms with Crippen LogP contribution in [0.3, 0.4) is 0 Å². The number of terminal acetylenes is 1. The maximum absolute atomic E-state index is 12.5. The highest BCUT2D eigenvalue weighted by Gasteiger charge is 2.19. The van der Waals surface area contributed by atoms with Crippen molar-refractivity contribution >= 4 is 21.9 Å². The molecule has 0 atom stereocenters. The van der Waals surface area contributed by atoms with Crippen LogP contribution >= 0.6 is 0 Å². The third-order valence-corrected chi connectivity index (χ3v) is 3.35. The van der Waals surface area contributed by atoms with Gasteiger partial charge in [-0.15, -0.1) is 6.42 Å². The Balaban J connectivity index is 2.29. The van der Waals surface area contributed by atoms with Gasteiger partial charge in [0.05, 0.1) is 5.39 Å². The van der Waals surface area contributed by atoms with E-state index in [-0.39, 0.29) is 22.1 Å². The van der Waals surface area contributed by atoms with Crippen LogP contribution in [-0.4, -0.2) is 10.7 Å². The van der Waals surface area contributed by atoms with Gasteiger partial charge >= 0.3 is 0 Å². The summed E-state index contributed by atoms with van der Waals surface area (Å²) in [6, 6.07) is 9.81. The monoisotopic (exact) mass is 294 g/mol. The molecule has 3 rings (SSSR count). The number of phenols is 1. The molecule has 0 aliphatic heterocycles. The van der Waals surface area contributed by atoms with Gasteiger partial charge in [-0.25, -0.2) is 0 Å². The predicted molar refractivity (Wildman–Crippen MR) is 85.2 cm³/mol. The highest BCUT2D eigenvalue weighted by Crippen LogP contribution is 2.31. The summed E-state index contributed by atoms with van der Waals surface area (Å²) in [6.45, 7) is 3.45. The number of hydrogen-bond acceptors (Lipinski definition) is 4. The minimum Gasteiger partial charge on any atom is -0.507 e. The van der Waals surface area contributed by atoms with Crippen LogP contribution in [0.1, 0.15) is 13.8 Å². The Morgan fingerprint density at radius 3 is 2.68 bits per heavy atom. The Labute approximate surface area is 126 Å². The Hall–Kier alpha value is -2.93. The molecule has 0 unspecified atom stereocenters. The zero-order chi connectivity index (χ0) is 15.9. The SMILES string of the molecule is C#CC(C)(C)Oc1cc(O)c2c(=O)c3ccccc3oc2c1. The number of benzene rings is 2. The van der Waals surface area contributed by atoms with E-state index in [0.29, 0.717) is 16.7 Å².